The van der Waals surface area contributed by atoms with E-state index in [-0.39, 0.29) is 17.4 Å². The Bertz CT molecular complexity index is 724. The van der Waals surface area contributed by atoms with Crippen molar-refractivity contribution in [3.8, 4) is 11.5 Å². The number of ether oxygens (including phenoxy) is 2. The molecular weight excluding hydrogens is 384 g/mol. The van der Waals surface area contributed by atoms with Crippen LogP contribution in [0.5, 0.6) is 11.5 Å². The Morgan fingerprint density at radius 1 is 1.13 bits per heavy atom. The molecule has 1 aromatic rings. The number of piperazine rings is 1. The molecule has 1 aromatic carbocycles. The minimum atomic E-state index is -0.258. The van der Waals surface area contributed by atoms with Crippen LogP contribution in [0.15, 0.2) is 18.2 Å². The molecule has 1 atom stereocenters. The molecule has 0 saturated carbocycles. The molecule has 8 nitrogen and oxygen atoms in total. The minimum Gasteiger partial charge on any atom is -0.497 e. The molecule has 0 bridgehead atoms. The summed E-state index contributed by atoms with van der Waals surface area (Å²) in [6, 6.07) is 5.85. The van der Waals surface area contributed by atoms with E-state index in [9.17, 15) is 9.59 Å². The molecule has 0 radical (unpaired) electrons. The maximum Gasteiger partial charge on any atom is 0.278 e. The summed E-state index contributed by atoms with van der Waals surface area (Å²) < 4.78 is 10.8. The summed E-state index contributed by atoms with van der Waals surface area (Å²) in [5, 5.41) is 2.94. The molecule has 1 fully saturated rings. The molecule has 8 heteroatoms. The highest BCUT2D eigenvalue weighted by Gasteiger charge is 2.27. The van der Waals surface area contributed by atoms with Crippen molar-refractivity contribution in [2.75, 3.05) is 60.5 Å². The van der Waals surface area contributed by atoms with Crippen molar-refractivity contribution in [3.05, 3.63) is 23.8 Å². The summed E-state index contributed by atoms with van der Waals surface area (Å²) in [5.74, 6) is 1.75. The van der Waals surface area contributed by atoms with Crippen molar-refractivity contribution in [1.29, 1.82) is 0 Å². The number of nitrogens with zero attached hydrogens (tertiary/aromatic N) is 1. The van der Waals surface area contributed by atoms with Crippen LogP contribution in [0.2, 0.25) is 0 Å². The third-order valence-corrected chi connectivity index (χ3v) is 5.18. The number of amides is 2. The minimum absolute atomic E-state index is 0.0331. The van der Waals surface area contributed by atoms with Crippen LogP contribution in [0.4, 0.5) is 0 Å². The Morgan fingerprint density at radius 3 is 2.37 bits per heavy atom. The number of benzene rings is 1. The standard InChI is InChI=1S/C22H36N4O4/c1-22(2,3)23-20(27)15-24(4)16-21(28)26-11-9-25(10-12-26)14-17-13-18(29-5)7-8-19(17)30-6/h7-8,13H,9-12,14-16H2,1-6H3,(H,23,27)/p+2. The van der Waals surface area contributed by atoms with E-state index in [4.69, 9.17) is 9.47 Å². The smallest absolute Gasteiger partial charge is 0.278 e. The molecule has 0 aliphatic carbocycles. The van der Waals surface area contributed by atoms with E-state index in [0.29, 0.717) is 13.1 Å². The molecular formula is C22H38N4O4+2. The molecule has 2 rings (SSSR count). The largest absolute Gasteiger partial charge is 0.497 e. The Morgan fingerprint density at radius 2 is 1.80 bits per heavy atom. The number of carbonyl (C=O) groups is 2. The lowest BCUT2D eigenvalue weighted by Crippen LogP contribution is -3.14. The first kappa shape index (κ1) is 24.0. The number of hydrogen-bond acceptors (Lipinski definition) is 4. The van der Waals surface area contributed by atoms with E-state index >= 15 is 0 Å². The second-order valence-corrected chi connectivity index (χ2v) is 9.09. The van der Waals surface area contributed by atoms with Gasteiger partial charge in [0, 0.05) is 5.54 Å². The van der Waals surface area contributed by atoms with E-state index in [1.807, 2.05) is 50.9 Å². The first-order valence-electron chi connectivity index (χ1n) is 10.6. The van der Waals surface area contributed by atoms with Crippen LogP contribution in [0, 0.1) is 0 Å². The zero-order chi connectivity index (χ0) is 22.3. The fraction of sp³-hybridized carbons (Fsp3) is 0.636. The van der Waals surface area contributed by atoms with Crippen molar-refractivity contribution in [1.82, 2.24) is 10.2 Å². The Labute approximate surface area is 180 Å². The summed E-state index contributed by atoms with van der Waals surface area (Å²) in [6.45, 7) is 10.5. The van der Waals surface area contributed by atoms with Crippen molar-refractivity contribution < 1.29 is 28.9 Å². The quantitative estimate of drug-likeness (QED) is 0.470. The molecule has 1 heterocycles. The van der Waals surface area contributed by atoms with Crippen molar-refractivity contribution in [2.45, 2.75) is 32.9 Å². The monoisotopic (exact) mass is 422 g/mol. The number of methoxy groups -OCH3 is 2. The van der Waals surface area contributed by atoms with Crippen LogP contribution in [0.1, 0.15) is 26.3 Å². The van der Waals surface area contributed by atoms with Crippen LogP contribution in [0.25, 0.3) is 0 Å². The van der Waals surface area contributed by atoms with Gasteiger partial charge in [-0.15, -0.1) is 0 Å². The van der Waals surface area contributed by atoms with Crippen LogP contribution in [-0.4, -0.2) is 82.8 Å². The van der Waals surface area contributed by atoms with Gasteiger partial charge in [-0.25, -0.2) is 0 Å². The van der Waals surface area contributed by atoms with Crippen LogP contribution < -0.4 is 24.6 Å². The van der Waals surface area contributed by atoms with Gasteiger partial charge in [-0.3, -0.25) is 9.59 Å². The predicted molar refractivity (Wildman–Crippen MR) is 115 cm³/mol. The molecule has 3 N–H and O–H groups in total. The molecule has 168 valence electrons. The van der Waals surface area contributed by atoms with Crippen molar-refractivity contribution in [3.63, 3.8) is 0 Å². The molecule has 1 aliphatic rings. The molecule has 30 heavy (non-hydrogen) atoms. The average Bonchev–Trinajstić information content (AvgIpc) is 2.66. The highest BCUT2D eigenvalue weighted by atomic mass is 16.5. The number of likely N-dealkylation sites (N-methyl/N-ethyl adjacent to an activating group) is 1. The van der Waals surface area contributed by atoms with Gasteiger partial charge in [0.15, 0.2) is 13.1 Å². The zero-order valence-electron chi connectivity index (χ0n) is 19.3. The van der Waals surface area contributed by atoms with E-state index in [1.165, 1.54) is 4.90 Å². The topological polar surface area (TPSA) is 76.8 Å². The highest BCUT2D eigenvalue weighted by Crippen LogP contribution is 2.23. The number of rotatable bonds is 8. The molecule has 1 unspecified atom stereocenters. The molecule has 1 aliphatic heterocycles. The summed E-state index contributed by atoms with van der Waals surface area (Å²) in [4.78, 5) is 28.9. The molecule has 0 spiro atoms. The van der Waals surface area contributed by atoms with E-state index in [0.717, 1.165) is 54.7 Å². The van der Waals surface area contributed by atoms with Gasteiger partial charge in [0.2, 0.25) is 0 Å². The molecule has 1 saturated heterocycles. The van der Waals surface area contributed by atoms with Gasteiger partial charge in [0.25, 0.3) is 11.8 Å². The van der Waals surface area contributed by atoms with Crippen LogP contribution >= 0.6 is 0 Å². The number of quaternary nitrogens is 2. The van der Waals surface area contributed by atoms with Gasteiger partial charge < -0.3 is 29.5 Å². The third kappa shape index (κ3) is 7.50. The van der Waals surface area contributed by atoms with Gasteiger partial charge in [0.05, 0.1) is 53.0 Å². The number of nitrogens with one attached hydrogen (secondary N) is 3. The van der Waals surface area contributed by atoms with Gasteiger partial charge >= 0.3 is 0 Å². The second-order valence-electron chi connectivity index (χ2n) is 9.09. The zero-order valence-corrected chi connectivity index (χ0v) is 19.3. The third-order valence-electron chi connectivity index (χ3n) is 5.18. The fourth-order valence-corrected chi connectivity index (χ4v) is 3.71. The lowest BCUT2D eigenvalue weighted by molar-refractivity contribution is -0.917. The average molecular weight is 423 g/mol. The van der Waals surface area contributed by atoms with E-state index in [2.05, 4.69) is 5.32 Å². The maximum atomic E-state index is 12.7. The van der Waals surface area contributed by atoms with E-state index in [1.54, 1.807) is 14.2 Å². The highest BCUT2D eigenvalue weighted by molar-refractivity contribution is 5.79. The maximum absolute atomic E-state index is 12.7. The van der Waals surface area contributed by atoms with Crippen molar-refractivity contribution >= 4 is 11.8 Å². The van der Waals surface area contributed by atoms with Crippen LogP contribution in [0.3, 0.4) is 0 Å². The first-order chi connectivity index (χ1) is 14.1. The SMILES string of the molecule is COc1ccc(OC)c(C[NH+]2CCN(C(=O)C[NH+](C)CC(=O)NC(C)(C)C)CC2)c1. The normalized spacial score (nSPS) is 16.1. The lowest BCUT2D eigenvalue weighted by Gasteiger charge is -2.32. The molecule has 0 aromatic heterocycles. The van der Waals surface area contributed by atoms with E-state index < -0.39 is 0 Å². The Kier molecular flexibility index (Phi) is 8.49. The molecule has 2 amide bonds. The Hall–Kier alpha value is -2.32. The number of carbonyl (C=O) groups excluding carboxylic acids is 2. The van der Waals surface area contributed by atoms with Gasteiger partial charge in [-0.1, -0.05) is 0 Å². The van der Waals surface area contributed by atoms with Gasteiger partial charge in [-0.2, -0.15) is 0 Å². The lowest BCUT2D eigenvalue weighted by atomic mass is 10.1. The summed E-state index contributed by atoms with van der Waals surface area (Å²) in [6.07, 6.45) is 0. The van der Waals surface area contributed by atoms with Gasteiger partial charge in [0.1, 0.15) is 18.0 Å². The van der Waals surface area contributed by atoms with Crippen LogP contribution in [-0.2, 0) is 16.1 Å². The fourth-order valence-electron chi connectivity index (χ4n) is 3.71. The van der Waals surface area contributed by atoms with Crippen molar-refractivity contribution in [2.24, 2.45) is 0 Å². The Balaban J connectivity index is 1.81. The number of hydrogen-bond donors (Lipinski definition) is 3. The summed E-state index contributed by atoms with van der Waals surface area (Å²) in [7, 11) is 5.23. The van der Waals surface area contributed by atoms with Gasteiger partial charge in [-0.05, 0) is 39.0 Å². The first-order valence-corrected chi connectivity index (χ1v) is 10.6. The predicted octanol–water partition coefficient (Wildman–Crippen LogP) is -1.64. The summed E-state index contributed by atoms with van der Waals surface area (Å²) >= 11 is 0. The second kappa shape index (κ2) is 10.6. The summed E-state index contributed by atoms with van der Waals surface area (Å²) in [5.41, 5.74) is 0.854.